The third kappa shape index (κ3) is 3.98. The molecule has 28 heavy (non-hydrogen) atoms. The lowest BCUT2D eigenvalue weighted by atomic mass is 9.96. The topological polar surface area (TPSA) is 93.1 Å². The smallest absolute Gasteiger partial charge is 0.411 e. The fraction of sp³-hybridized carbons (Fsp3) is 0.286. The number of aliphatic carboxylic acids is 1. The zero-order valence-electron chi connectivity index (χ0n) is 15.2. The fourth-order valence-corrected chi connectivity index (χ4v) is 3.23. The first kappa shape index (κ1) is 19.4. The van der Waals surface area contributed by atoms with Crippen LogP contribution in [-0.4, -0.2) is 40.1 Å². The van der Waals surface area contributed by atoms with Gasteiger partial charge >= 0.3 is 18.0 Å². The van der Waals surface area contributed by atoms with E-state index in [9.17, 15) is 19.5 Å². The highest BCUT2D eigenvalue weighted by Gasteiger charge is 2.58. The number of amides is 1. The molecule has 1 heterocycles. The van der Waals surface area contributed by atoms with Crippen molar-refractivity contribution < 1.29 is 29.0 Å². The van der Waals surface area contributed by atoms with Crippen molar-refractivity contribution in [3.05, 3.63) is 71.8 Å². The highest BCUT2D eigenvalue weighted by atomic mass is 16.6. The summed E-state index contributed by atoms with van der Waals surface area (Å²) in [5, 5.41) is 9.79. The summed E-state index contributed by atoms with van der Waals surface area (Å²) >= 11 is 0. The number of benzene rings is 2. The number of likely N-dealkylation sites (tertiary alicyclic amines) is 1. The summed E-state index contributed by atoms with van der Waals surface area (Å²) in [5.41, 5.74) is -0.571. The first-order valence-corrected chi connectivity index (χ1v) is 8.97. The molecule has 0 aromatic heterocycles. The Morgan fingerprint density at radius 3 is 1.96 bits per heavy atom. The van der Waals surface area contributed by atoms with E-state index in [4.69, 9.17) is 9.47 Å². The van der Waals surface area contributed by atoms with Crippen molar-refractivity contribution in [1.29, 1.82) is 0 Å². The number of carboxylic acid groups (broad SMARTS) is 1. The molecule has 1 saturated heterocycles. The lowest BCUT2D eigenvalue weighted by Crippen LogP contribution is -2.59. The number of rotatable bonds is 6. The van der Waals surface area contributed by atoms with E-state index in [1.54, 1.807) is 36.4 Å². The molecular formula is C21H21NO6. The van der Waals surface area contributed by atoms with E-state index in [1.807, 2.05) is 24.3 Å². The normalized spacial score (nSPS) is 18.5. The summed E-state index contributed by atoms with van der Waals surface area (Å²) in [7, 11) is 0. The Bertz CT molecular complexity index is 838. The molecule has 146 valence electrons. The van der Waals surface area contributed by atoms with Crippen LogP contribution >= 0.6 is 0 Å². The molecule has 0 unspecified atom stereocenters. The average molecular weight is 383 g/mol. The molecule has 1 aliphatic rings. The van der Waals surface area contributed by atoms with Gasteiger partial charge in [0, 0.05) is 6.54 Å². The maximum Gasteiger partial charge on any atom is 0.411 e. The summed E-state index contributed by atoms with van der Waals surface area (Å²) < 4.78 is 10.5. The summed E-state index contributed by atoms with van der Waals surface area (Å²) in [6, 6.07) is 18.0. The summed E-state index contributed by atoms with van der Waals surface area (Å²) in [6.45, 7) is 0.0346. The van der Waals surface area contributed by atoms with Gasteiger partial charge in [-0.3, -0.25) is 4.90 Å². The van der Waals surface area contributed by atoms with Gasteiger partial charge < -0.3 is 14.6 Å². The van der Waals surface area contributed by atoms with Crippen LogP contribution in [0.5, 0.6) is 0 Å². The monoisotopic (exact) mass is 383 g/mol. The van der Waals surface area contributed by atoms with Crippen LogP contribution in [-0.2, 0) is 32.3 Å². The third-order valence-corrected chi connectivity index (χ3v) is 4.71. The quantitative estimate of drug-likeness (QED) is 0.609. The zero-order chi connectivity index (χ0) is 20.0. The van der Waals surface area contributed by atoms with Crippen molar-refractivity contribution >= 4 is 18.0 Å². The van der Waals surface area contributed by atoms with E-state index >= 15 is 0 Å². The summed E-state index contributed by atoms with van der Waals surface area (Å²) in [4.78, 5) is 38.2. The number of hydrogen-bond donors (Lipinski definition) is 1. The number of carbonyl (C=O) groups is 3. The molecular weight excluding hydrogens is 362 g/mol. The molecule has 2 aromatic rings. The minimum atomic E-state index is -2.07. The molecule has 1 aliphatic heterocycles. The molecule has 7 heteroatoms. The Labute approximate surface area is 162 Å². The molecule has 3 rings (SSSR count). The van der Waals surface area contributed by atoms with E-state index in [1.165, 1.54) is 0 Å². The number of carboxylic acids is 1. The first-order valence-electron chi connectivity index (χ1n) is 8.97. The van der Waals surface area contributed by atoms with Crippen LogP contribution in [0.4, 0.5) is 4.79 Å². The molecule has 1 atom stereocenters. The number of hydrogen-bond acceptors (Lipinski definition) is 5. The van der Waals surface area contributed by atoms with E-state index in [2.05, 4.69) is 0 Å². The lowest BCUT2D eigenvalue weighted by molar-refractivity contribution is -0.169. The summed E-state index contributed by atoms with van der Waals surface area (Å²) in [5.74, 6) is -2.38. The van der Waals surface area contributed by atoms with E-state index in [0.717, 1.165) is 16.0 Å². The zero-order valence-corrected chi connectivity index (χ0v) is 15.2. The second-order valence-corrected chi connectivity index (χ2v) is 6.52. The maximum absolute atomic E-state index is 12.7. The van der Waals surface area contributed by atoms with Gasteiger partial charge in [0.25, 0.3) is 0 Å². The predicted octanol–water partition coefficient (Wildman–Crippen LogP) is 2.99. The van der Waals surface area contributed by atoms with Crippen LogP contribution < -0.4 is 0 Å². The van der Waals surface area contributed by atoms with Crippen molar-refractivity contribution in [2.45, 2.75) is 31.6 Å². The van der Waals surface area contributed by atoms with Gasteiger partial charge in [-0.15, -0.1) is 0 Å². The number of ether oxygens (including phenoxy) is 2. The Kier molecular flexibility index (Phi) is 5.93. The standard InChI is InChI=1S/C21H21NO6/c23-18(24)21(19(25)27-14-16-8-3-1-4-9-16)12-7-13-22(21)20(26)28-15-17-10-5-2-6-11-17/h1-6,8-11H,7,12-15H2,(H,23,24)/t21-/m0/s1. The number of esters is 1. The van der Waals surface area contributed by atoms with Crippen LogP contribution in [0, 0.1) is 0 Å². The van der Waals surface area contributed by atoms with E-state index in [-0.39, 0.29) is 26.2 Å². The van der Waals surface area contributed by atoms with Gasteiger partial charge in [-0.2, -0.15) is 0 Å². The largest absolute Gasteiger partial charge is 0.479 e. The fourth-order valence-electron chi connectivity index (χ4n) is 3.23. The second kappa shape index (κ2) is 8.56. The van der Waals surface area contributed by atoms with Crippen LogP contribution in [0.1, 0.15) is 24.0 Å². The molecule has 0 radical (unpaired) electrons. The highest BCUT2D eigenvalue weighted by Crippen LogP contribution is 2.32. The van der Waals surface area contributed by atoms with Crippen molar-refractivity contribution in [1.82, 2.24) is 4.90 Å². The average Bonchev–Trinajstić information content (AvgIpc) is 3.18. The van der Waals surface area contributed by atoms with Crippen LogP contribution in [0.25, 0.3) is 0 Å². The molecule has 7 nitrogen and oxygen atoms in total. The van der Waals surface area contributed by atoms with Crippen LogP contribution in [0.3, 0.4) is 0 Å². The van der Waals surface area contributed by atoms with Gasteiger partial charge in [-0.25, -0.2) is 14.4 Å². The lowest BCUT2D eigenvalue weighted by Gasteiger charge is -2.31. The minimum absolute atomic E-state index is 0.00899. The van der Waals surface area contributed by atoms with Gasteiger partial charge in [0.05, 0.1) is 0 Å². The van der Waals surface area contributed by atoms with Gasteiger partial charge in [0.1, 0.15) is 13.2 Å². The Morgan fingerprint density at radius 2 is 1.43 bits per heavy atom. The van der Waals surface area contributed by atoms with Gasteiger partial charge in [-0.05, 0) is 24.0 Å². The SMILES string of the molecule is O=C(OCc1ccccc1)N1CCC[C@]1(C(=O)O)C(=O)OCc1ccccc1. The third-order valence-electron chi connectivity index (χ3n) is 4.71. The van der Waals surface area contributed by atoms with Gasteiger partial charge in [0.15, 0.2) is 0 Å². The van der Waals surface area contributed by atoms with Crippen LogP contribution in [0.15, 0.2) is 60.7 Å². The highest BCUT2D eigenvalue weighted by molar-refractivity contribution is 6.07. The number of nitrogens with zero attached hydrogens (tertiary/aromatic N) is 1. The first-order chi connectivity index (χ1) is 13.5. The molecule has 1 amide bonds. The van der Waals surface area contributed by atoms with Crippen molar-refractivity contribution in [3.63, 3.8) is 0 Å². The maximum atomic E-state index is 12.7. The second-order valence-electron chi connectivity index (χ2n) is 6.52. The van der Waals surface area contributed by atoms with Gasteiger partial charge in [-0.1, -0.05) is 60.7 Å². The van der Waals surface area contributed by atoms with Crippen molar-refractivity contribution in [2.75, 3.05) is 6.54 Å². The Morgan fingerprint density at radius 1 is 0.893 bits per heavy atom. The van der Waals surface area contributed by atoms with Crippen molar-refractivity contribution in [3.8, 4) is 0 Å². The molecule has 0 saturated carbocycles. The van der Waals surface area contributed by atoms with E-state index < -0.39 is 23.6 Å². The molecule has 0 bridgehead atoms. The molecule has 0 aliphatic carbocycles. The number of carbonyl (C=O) groups excluding carboxylic acids is 2. The molecule has 0 spiro atoms. The summed E-state index contributed by atoms with van der Waals surface area (Å²) in [6.07, 6.45) is -0.496. The van der Waals surface area contributed by atoms with Crippen molar-refractivity contribution in [2.24, 2.45) is 0 Å². The van der Waals surface area contributed by atoms with Gasteiger partial charge in [0.2, 0.25) is 5.54 Å². The molecule has 1 N–H and O–H groups in total. The van der Waals surface area contributed by atoms with E-state index in [0.29, 0.717) is 6.42 Å². The Hall–Kier alpha value is -3.35. The molecule has 2 aromatic carbocycles. The Balaban J connectivity index is 1.71. The molecule has 1 fully saturated rings. The van der Waals surface area contributed by atoms with Crippen LogP contribution in [0.2, 0.25) is 0 Å². The minimum Gasteiger partial charge on any atom is -0.479 e. The predicted molar refractivity (Wildman–Crippen MR) is 99.2 cm³/mol.